The molecule has 0 aromatic rings. The van der Waals surface area contributed by atoms with Crippen LogP contribution in [-0.2, 0) is 28.6 Å². The third-order valence-corrected chi connectivity index (χ3v) is 14.5. The van der Waals surface area contributed by atoms with Gasteiger partial charge in [0.25, 0.3) is 0 Å². The predicted molar refractivity (Wildman–Crippen MR) is 298 cm³/mol. The molecule has 0 amide bonds. The summed E-state index contributed by atoms with van der Waals surface area (Å²) in [4.78, 5) is 38.3. The molecule has 0 aromatic heterocycles. The molecule has 0 aliphatic rings. The van der Waals surface area contributed by atoms with Gasteiger partial charge in [0.15, 0.2) is 6.10 Å². The van der Waals surface area contributed by atoms with E-state index in [4.69, 9.17) is 14.2 Å². The molecule has 0 rings (SSSR count). The Morgan fingerprint density at radius 1 is 0.275 bits per heavy atom. The third kappa shape index (κ3) is 57.2. The van der Waals surface area contributed by atoms with Gasteiger partial charge < -0.3 is 14.2 Å². The molecule has 410 valence electrons. The van der Waals surface area contributed by atoms with Gasteiger partial charge in [0.1, 0.15) is 13.2 Å². The second-order valence-electron chi connectivity index (χ2n) is 22.2. The van der Waals surface area contributed by atoms with Crippen molar-refractivity contribution in [3.05, 3.63) is 0 Å². The standard InChI is InChI=1S/C63H122O6/c1-5-7-9-11-13-15-17-19-21-22-27-31-35-39-43-47-51-55-62(65)68-58-60(57-67-61(64)54-50-46-42-38-34-30-25-20-18-16-14-12-10-8-6-2)69-63(66)56-52-48-44-40-36-32-28-24-23-26-29-33-37-41-45-49-53-59(3)4/h59-60H,5-58H2,1-4H3/t60-/m1/s1. The molecule has 1 atom stereocenters. The lowest BCUT2D eigenvalue weighted by Crippen LogP contribution is -2.30. The number of rotatable bonds is 58. The van der Waals surface area contributed by atoms with Crippen LogP contribution < -0.4 is 0 Å². The Kier molecular flexibility index (Phi) is 56.0. The van der Waals surface area contributed by atoms with E-state index in [9.17, 15) is 14.4 Å². The molecule has 0 unspecified atom stereocenters. The summed E-state index contributed by atoms with van der Waals surface area (Å²) in [5.74, 6) is 0.0237. The van der Waals surface area contributed by atoms with Crippen molar-refractivity contribution in [3.8, 4) is 0 Å². The number of esters is 3. The zero-order chi connectivity index (χ0) is 50.2. The Morgan fingerprint density at radius 3 is 0.710 bits per heavy atom. The van der Waals surface area contributed by atoms with Crippen LogP contribution in [0.15, 0.2) is 0 Å². The van der Waals surface area contributed by atoms with Gasteiger partial charge in [-0.3, -0.25) is 14.4 Å². The zero-order valence-corrected chi connectivity index (χ0v) is 47.3. The van der Waals surface area contributed by atoms with E-state index in [0.29, 0.717) is 19.3 Å². The number of unbranched alkanes of at least 4 members (excludes halogenated alkanes) is 45. The second kappa shape index (κ2) is 57.3. The summed E-state index contributed by atoms with van der Waals surface area (Å²) < 4.78 is 16.9. The van der Waals surface area contributed by atoms with Crippen molar-refractivity contribution in [2.24, 2.45) is 5.92 Å². The second-order valence-corrected chi connectivity index (χ2v) is 22.2. The van der Waals surface area contributed by atoms with Crippen molar-refractivity contribution in [2.45, 2.75) is 368 Å². The third-order valence-electron chi connectivity index (χ3n) is 14.5. The van der Waals surface area contributed by atoms with Gasteiger partial charge in [-0.05, 0) is 25.2 Å². The average Bonchev–Trinajstić information content (AvgIpc) is 3.34. The highest BCUT2D eigenvalue weighted by Crippen LogP contribution is 2.19. The number of hydrogen-bond acceptors (Lipinski definition) is 6. The lowest BCUT2D eigenvalue weighted by atomic mass is 10.0. The normalized spacial score (nSPS) is 12.0. The molecule has 0 N–H and O–H groups in total. The van der Waals surface area contributed by atoms with Crippen LogP contribution in [0.2, 0.25) is 0 Å². The molecule has 69 heavy (non-hydrogen) atoms. The number of ether oxygens (including phenoxy) is 3. The van der Waals surface area contributed by atoms with Crippen LogP contribution in [0.3, 0.4) is 0 Å². The fourth-order valence-electron chi connectivity index (χ4n) is 9.81. The van der Waals surface area contributed by atoms with E-state index in [1.807, 2.05) is 0 Å². The summed E-state index contributed by atoms with van der Waals surface area (Å²) in [7, 11) is 0. The van der Waals surface area contributed by atoms with E-state index in [0.717, 1.165) is 63.7 Å². The first-order chi connectivity index (χ1) is 33.9. The first-order valence-corrected chi connectivity index (χ1v) is 31.4. The minimum atomic E-state index is -0.762. The molecule has 0 aromatic carbocycles. The van der Waals surface area contributed by atoms with Crippen LogP contribution in [-0.4, -0.2) is 37.2 Å². The molecule has 0 saturated heterocycles. The van der Waals surface area contributed by atoms with E-state index in [1.54, 1.807) is 0 Å². The molecule has 0 heterocycles. The molecule has 0 aliphatic heterocycles. The Bertz CT molecular complexity index is 1040. The predicted octanol–water partition coefficient (Wildman–Crippen LogP) is 21.0. The van der Waals surface area contributed by atoms with Crippen molar-refractivity contribution in [3.63, 3.8) is 0 Å². The molecule has 0 radical (unpaired) electrons. The van der Waals surface area contributed by atoms with Crippen molar-refractivity contribution in [1.29, 1.82) is 0 Å². The maximum Gasteiger partial charge on any atom is 0.306 e. The minimum Gasteiger partial charge on any atom is -0.462 e. The molecule has 0 aliphatic carbocycles. The fraction of sp³-hybridized carbons (Fsp3) is 0.952. The van der Waals surface area contributed by atoms with Gasteiger partial charge in [0, 0.05) is 19.3 Å². The van der Waals surface area contributed by atoms with E-state index in [2.05, 4.69) is 27.7 Å². The first kappa shape index (κ1) is 67.4. The van der Waals surface area contributed by atoms with Crippen molar-refractivity contribution < 1.29 is 28.6 Å². The summed E-state index contributed by atoms with van der Waals surface area (Å²) in [6.45, 7) is 9.09. The lowest BCUT2D eigenvalue weighted by Gasteiger charge is -2.18. The fourth-order valence-corrected chi connectivity index (χ4v) is 9.81. The van der Waals surface area contributed by atoms with Crippen LogP contribution in [0.25, 0.3) is 0 Å². The van der Waals surface area contributed by atoms with Gasteiger partial charge in [-0.15, -0.1) is 0 Å². The smallest absolute Gasteiger partial charge is 0.306 e. The summed E-state index contributed by atoms with van der Waals surface area (Å²) >= 11 is 0. The van der Waals surface area contributed by atoms with Crippen molar-refractivity contribution in [1.82, 2.24) is 0 Å². The summed E-state index contributed by atoms with van der Waals surface area (Å²) in [6, 6.07) is 0. The highest BCUT2D eigenvalue weighted by molar-refractivity contribution is 5.71. The SMILES string of the molecule is CCCCCCCCCCCCCCCCCCCC(=O)OC[C@@H](COC(=O)CCCCCCCCCCCCCCCCC)OC(=O)CCCCCCCCCCCCCCCCCCC(C)C. The summed E-state index contributed by atoms with van der Waals surface area (Å²) in [6.07, 6.45) is 63.8. The van der Waals surface area contributed by atoms with Crippen molar-refractivity contribution >= 4 is 17.9 Å². The lowest BCUT2D eigenvalue weighted by molar-refractivity contribution is -0.167. The molecule has 0 fully saturated rings. The maximum atomic E-state index is 12.9. The average molecular weight is 976 g/mol. The van der Waals surface area contributed by atoms with Crippen LogP contribution in [0.4, 0.5) is 0 Å². The largest absolute Gasteiger partial charge is 0.462 e. The Hall–Kier alpha value is -1.59. The molecule has 0 saturated carbocycles. The van der Waals surface area contributed by atoms with Gasteiger partial charge in [0.05, 0.1) is 0 Å². The first-order valence-electron chi connectivity index (χ1n) is 31.4. The summed E-state index contributed by atoms with van der Waals surface area (Å²) in [5, 5.41) is 0. The van der Waals surface area contributed by atoms with E-state index in [-0.39, 0.29) is 31.1 Å². The van der Waals surface area contributed by atoms with E-state index >= 15 is 0 Å². The number of hydrogen-bond donors (Lipinski definition) is 0. The quantitative estimate of drug-likeness (QED) is 0.0343. The zero-order valence-electron chi connectivity index (χ0n) is 47.3. The van der Waals surface area contributed by atoms with Gasteiger partial charge >= 0.3 is 17.9 Å². The minimum absolute atomic E-state index is 0.0612. The molecule has 6 nitrogen and oxygen atoms in total. The Balaban J connectivity index is 4.28. The summed E-state index contributed by atoms with van der Waals surface area (Å²) in [5.41, 5.74) is 0. The van der Waals surface area contributed by atoms with Gasteiger partial charge in [-0.25, -0.2) is 0 Å². The van der Waals surface area contributed by atoms with Gasteiger partial charge in [0.2, 0.25) is 0 Å². The maximum absolute atomic E-state index is 12.9. The molecule has 0 bridgehead atoms. The van der Waals surface area contributed by atoms with Crippen molar-refractivity contribution in [2.75, 3.05) is 13.2 Å². The van der Waals surface area contributed by atoms with Gasteiger partial charge in [-0.1, -0.05) is 323 Å². The topological polar surface area (TPSA) is 78.9 Å². The van der Waals surface area contributed by atoms with Gasteiger partial charge in [-0.2, -0.15) is 0 Å². The van der Waals surface area contributed by atoms with E-state index in [1.165, 1.54) is 257 Å². The number of carbonyl (C=O) groups excluding carboxylic acids is 3. The highest BCUT2D eigenvalue weighted by atomic mass is 16.6. The Labute approximate surface area is 431 Å². The molecule has 6 heteroatoms. The van der Waals surface area contributed by atoms with E-state index < -0.39 is 6.10 Å². The van der Waals surface area contributed by atoms with Crippen LogP contribution in [0.1, 0.15) is 362 Å². The molecular formula is C63H122O6. The molecular weight excluding hydrogens is 853 g/mol. The number of carbonyl (C=O) groups is 3. The van der Waals surface area contributed by atoms with Crippen LogP contribution >= 0.6 is 0 Å². The highest BCUT2D eigenvalue weighted by Gasteiger charge is 2.19. The van der Waals surface area contributed by atoms with Crippen LogP contribution in [0.5, 0.6) is 0 Å². The molecule has 0 spiro atoms. The Morgan fingerprint density at radius 2 is 0.478 bits per heavy atom. The monoisotopic (exact) mass is 975 g/mol. The van der Waals surface area contributed by atoms with Crippen LogP contribution in [0, 0.1) is 5.92 Å².